The van der Waals surface area contributed by atoms with E-state index in [1.807, 2.05) is 12.1 Å². The van der Waals surface area contributed by atoms with Gasteiger partial charge >= 0.3 is 0 Å². The van der Waals surface area contributed by atoms with Crippen molar-refractivity contribution < 1.29 is 0 Å². The number of anilines is 1. The Morgan fingerprint density at radius 3 is 1.78 bits per heavy atom. The molecule has 0 heterocycles. The van der Waals surface area contributed by atoms with E-state index in [1.165, 1.54) is 23.7 Å². The fourth-order valence-corrected chi connectivity index (χ4v) is 1.58. The monoisotopic (exact) mass is 242 g/mol. The van der Waals surface area contributed by atoms with Crippen LogP contribution in [0, 0.1) is 11.8 Å². The van der Waals surface area contributed by atoms with Crippen molar-refractivity contribution in [2.24, 2.45) is 5.18 Å². The van der Waals surface area contributed by atoms with Crippen LogP contribution < -0.4 is 5.73 Å². The zero-order valence-electron chi connectivity index (χ0n) is 10.8. The van der Waals surface area contributed by atoms with Crippen LogP contribution in [0.1, 0.15) is 16.7 Å². The Morgan fingerprint density at radius 2 is 1.33 bits per heavy atom. The molecule has 0 aliphatic carbocycles. The number of hydrogen-bond donors (Lipinski definition) is 1. The van der Waals surface area contributed by atoms with Gasteiger partial charge in [0.25, 0.3) is 0 Å². The second-order valence-electron chi connectivity index (χ2n) is 4.09. The first kappa shape index (κ1) is 13.9. The van der Waals surface area contributed by atoms with Crippen LogP contribution in [0.3, 0.4) is 0 Å². The van der Waals surface area contributed by atoms with E-state index in [0.717, 1.165) is 12.1 Å². The average molecular weight is 242 g/mol. The molecule has 0 fully saturated rings. The van der Waals surface area contributed by atoms with Crippen molar-refractivity contribution in [3.63, 3.8) is 0 Å². The van der Waals surface area contributed by atoms with Crippen molar-refractivity contribution in [3.05, 3.63) is 70.1 Å². The van der Waals surface area contributed by atoms with Gasteiger partial charge in [-0.25, -0.2) is 0 Å². The molecule has 3 heteroatoms. The number of nitrogen functional groups attached to an aromatic ring is 1. The van der Waals surface area contributed by atoms with Gasteiger partial charge in [-0.15, -0.1) is 0 Å². The van der Waals surface area contributed by atoms with E-state index in [4.69, 9.17) is 10.6 Å². The maximum absolute atomic E-state index is 8.56. The highest BCUT2D eigenvalue weighted by Crippen LogP contribution is 2.12. The van der Waals surface area contributed by atoms with Gasteiger partial charge in [-0.2, -0.15) is 4.91 Å². The summed E-state index contributed by atoms with van der Waals surface area (Å²) in [6, 6.07) is 16.7. The molecule has 0 aliphatic rings. The molecule has 0 aromatic heterocycles. The zero-order chi connectivity index (χ0) is 13.4. The minimum atomic E-state index is 0.822. The molecular weight excluding hydrogens is 224 g/mol. The first-order valence-electron chi connectivity index (χ1n) is 5.77. The molecule has 18 heavy (non-hydrogen) atoms. The van der Waals surface area contributed by atoms with Gasteiger partial charge in [0.15, 0.2) is 0 Å². The highest BCUT2D eigenvalue weighted by molar-refractivity contribution is 5.40. The smallest absolute Gasteiger partial charge is 0.0700 e. The molecule has 0 aliphatic heterocycles. The number of hydrogen-bond acceptors (Lipinski definition) is 3. The van der Waals surface area contributed by atoms with Gasteiger partial charge in [0.2, 0.25) is 0 Å². The number of nitrogens with two attached hydrogens (primary N) is 1. The van der Waals surface area contributed by atoms with Crippen LogP contribution in [0.25, 0.3) is 0 Å². The highest BCUT2D eigenvalue weighted by atomic mass is 16.2. The number of nitrogens with zero attached hydrogens (tertiary/aromatic N) is 1. The summed E-state index contributed by atoms with van der Waals surface area (Å²) in [7, 11) is 1.19. The first-order chi connectivity index (χ1) is 8.65. The summed E-state index contributed by atoms with van der Waals surface area (Å²) in [5.74, 6) is 0. The molecule has 2 aromatic rings. The van der Waals surface area contributed by atoms with Gasteiger partial charge < -0.3 is 5.73 Å². The van der Waals surface area contributed by atoms with E-state index in [1.54, 1.807) is 0 Å². The SMILES string of the molecule is CN=O.Cc1ccc(Cc2ccc(N)cc2)cc1. The second kappa shape index (κ2) is 7.22. The van der Waals surface area contributed by atoms with Crippen molar-refractivity contribution in [2.45, 2.75) is 13.3 Å². The van der Waals surface area contributed by atoms with Gasteiger partial charge in [0, 0.05) is 5.69 Å². The van der Waals surface area contributed by atoms with Crippen LogP contribution in [0.4, 0.5) is 5.69 Å². The summed E-state index contributed by atoms with van der Waals surface area (Å²) in [5, 5.41) is 2.25. The zero-order valence-corrected chi connectivity index (χ0v) is 10.8. The molecule has 0 spiro atoms. The molecule has 0 radical (unpaired) electrons. The van der Waals surface area contributed by atoms with Crippen LogP contribution in [0.2, 0.25) is 0 Å². The molecule has 0 bridgehead atoms. The fourth-order valence-electron chi connectivity index (χ4n) is 1.58. The van der Waals surface area contributed by atoms with Crippen LogP contribution in [0.5, 0.6) is 0 Å². The molecule has 0 unspecified atom stereocenters. The standard InChI is InChI=1S/C14H15N.CH3NO/c1-11-2-4-12(5-3-11)10-13-6-8-14(15)9-7-13;1-2-3/h2-9H,10,15H2,1H3;1H3. The molecule has 2 rings (SSSR count). The van der Waals surface area contributed by atoms with Crippen molar-refractivity contribution in [1.82, 2.24) is 0 Å². The maximum Gasteiger partial charge on any atom is 0.0700 e. The molecule has 2 aromatic carbocycles. The number of aryl methyl sites for hydroxylation is 1. The van der Waals surface area contributed by atoms with E-state index < -0.39 is 0 Å². The van der Waals surface area contributed by atoms with Crippen molar-refractivity contribution in [1.29, 1.82) is 0 Å². The molecule has 94 valence electrons. The Labute approximate surface area is 108 Å². The molecule has 0 saturated carbocycles. The minimum absolute atomic E-state index is 0.822. The van der Waals surface area contributed by atoms with E-state index in [0.29, 0.717) is 0 Å². The summed E-state index contributed by atoms with van der Waals surface area (Å²) in [6.07, 6.45) is 0.973. The topological polar surface area (TPSA) is 55.5 Å². The number of nitroso groups, excluding NO2 is 1. The first-order valence-corrected chi connectivity index (χ1v) is 5.77. The van der Waals surface area contributed by atoms with Gasteiger partial charge in [-0.05, 0) is 36.6 Å². The molecule has 0 saturated heterocycles. The van der Waals surface area contributed by atoms with Crippen LogP contribution >= 0.6 is 0 Å². The Kier molecular flexibility index (Phi) is 5.58. The minimum Gasteiger partial charge on any atom is -0.399 e. The lowest BCUT2D eigenvalue weighted by Gasteiger charge is -2.02. The number of benzene rings is 2. The Balaban J connectivity index is 0.000000492. The van der Waals surface area contributed by atoms with Gasteiger partial charge in [-0.1, -0.05) is 47.1 Å². The van der Waals surface area contributed by atoms with E-state index in [2.05, 4.69) is 48.5 Å². The van der Waals surface area contributed by atoms with Crippen molar-refractivity contribution in [3.8, 4) is 0 Å². The highest BCUT2D eigenvalue weighted by Gasteiger charge is 1.95. The molecule has 0 atom stereocenters. The maximum atomic E-state index is 8.56. The lowest BCUT2D eigenvalue weighted by Crippen LogP contribution is -1.89. The van der Waals surface area contributed by atoms with Gasteiger partial charge in [0.1, 0.15) is 0 Å². The summed E-state index contributed by atoms with van der Waals surface area (Å²) >= 11 is 0. The van der Waals surface area contributed by atoms with Crippen LogP contribution in [0.15, 0.2) is 53.7 Å². The molecular formula is C15H18N2O. The Hall–Kier alpha value is -2.16. The Morgan fingerprint density at radius 1 is 0.944 bits per heavy atom. The largest absolute Gasteiger partial charge is 0.399 e. The predicted molar refractivity (Wildman–Crippen MR) is 76.6 cm³/mol. The molecule has 3 nitrogen and oxygen atoms in total. The molecule has 2 N–H and O–H groups in total. The van der Waals surface area contributed by atoms with Crippen LogP contribution in [-0.2, 0) is 6.42 Å². The predicted octanol–water partition coefficient (Wildman–Crippen LogP) is 3.55. The lowest BCUT2D eigenvalue weighted by atomic mass is 10.0. The molecule has 0 amide bonds. The van der Waals surface area contributed by atoms with Crippen molar-refractivity contribution in [2.75, 3.05) is 12.8 Å². The van der Waals surface area contributed by atoms with Crippen LogP contribution in [-0.4, -0.2) is 7.05 Å². The third-order valence-electron chi connectivity index (χ3n) is 2.51. The summed E-state index contributed by atoms with van der Waals surface area (Å²) < 4.78 is 0. The van der Waals surface area contributed by atoms with E-state index in [-0.39, 0.29) is 0 Å². The summed E-state index contributed by atoms with van der Waals surface area (Å²) in [4.78, 5) is 8.56. The normalized spacial score (nSPS) is 9.22. The summed E-state index contributed by atoms with van der Waals surface area (Å²) in [5.41, 5.74) is 10.4. The number of rotatable bonds is 2. The third kappa shape index (κ3) is 4.78. The van der Waals surface area contributed by atoms with E-state index >= 15 is 0 Å². The Bertz CT molecular complexity index is 431. The second-order valence-corrected chi connectivity index (χ2v) is 4.09. The third-order valence-corrected chi connectivity index (χ3v) is 2.51. The van der Waals surface area contributed by atoms with Gasteiger partial charge in [0.05, 0.1) is 7.05 Å². The van der Waals surface area contributed by atoms with Crippen molar-refractivity contribution >= 4 is 5.69 Å². The lowest BCUT2D eigenvalue weighted by molar-refractivity contribution is 1.19. The van der Waals surface area contributed by atoms with E-state index in [9.17, 15) is 0 Å². The quantitative estimate of drug-likeness (QED) is 0.646. The summed E-state index contributed by atoms with van der Waals surface area (Å²) in [6.45, 7) is 2.10. The van der Waals surface area contributed by atoms with Gasteiger partial charge in [-0.3, -0.25) is 0 Å². The average Bonchev–Trinajstić information content (AvgIpc) is 2.36. The fraction of sp³-hybridized carbons (Fsp3) is 0.200.